The molecule has 1 unspecified atom stereocenters. The normalized spacial score (nSPS) is 22.9. The zero-order valence-electron chi connectivity index (χ0n) is 18.9. The highest BCUT2D eigenvalue weighted by atomic mass is 16.2. The van der Waals surface area contributed by atoms with E-state index in [0.29, 0.717) is 17.5 Å². The fraction of sp³-hybridized carbons (Fsp3) is 0.333. The highest BCUT2D eigenvalue weighted by Crippen LogP contribution is 2.45. The molecule has 1 aliphatic heterocycles. The van der Waals surface area contributed by atoms with Gasteiger partial charge < -0.3 is 10.3 Å². The van der Waals surface area contributed by atoms with Crippen LogP contribution in [0.25, 0.3) is 10.9 Å². The van der Waals surface area contributed by atoms with E-state index in [9.17, 15) is 9.59 Å². The van der Waals surface area contributed by atoms with E-state index < -0.39 is 11.9 Å². The van der Waals surface area contributed by atoms with Gasteiger partial charge in [0.2, 0.25) is 0 Å². The van der Waals surface area contributed by atoms with Gasteiger partial charge in [-0.15, -0.1) is 6.58 Å². The number of amides is 3. The van der Waals surface area contributed by atoms with Gasteiger partial charge in [-0.05, 0) is 55.0 Å². The summed E-state index contributed by atoms with van der Waals surface area (Å²) in [5, 5.41) is 6.84. The first-order valence-electron chi connectivity index (χ1n) is 11.7. The summed E-state index contributed by atoms with van der Waals surface area (Å²) in [6.07, 6.45) is 6.14. The molecule has 3 aromatic rings. The van der Waals surface area contributed by atoms with E-state index in [-0.39, 0.29) is 12.0 Å². The van der Waals surface area contributed by atoms with E-state index in [0.717, 1.165) is 25.9 Å². The number of aromatic nitrogens is 1. The highest BCUT2D eigenvalue weighted by Gasteiger charge is 2.41. The Morgan fingerprint density at radius 2 is 2.03 bits per heavy atom. The van der Waals surface area contributed by atoms with Gasteiger partial charge >= 0.3 is 6.03 Å². The van der Waals surface area contributed by atoms with Crippen molar-refractivity contribution in [3.63, 3.8) is 0 Å². The Bertz CT molecular complexity index is 1190. The Balaban J connectivity index is 1.32. The fourth-order valence-corrected chi connectivity index (χ4v) is 5.70. The maximum atomic E-state index is 12.6. The van der Waals surface area contributed by atoms with Crippen molar-refractivity contribution in [1.29, 1.82) is 0 Å². The molecule has 5 rings (SSSR count). The molecule has 1 saturated heterocycles. The summed E-state index contributed by atoms with van der Waals surface area (Å²) in [5.74, 6) is 0.268. The number of nitrogens with zero attached hydrogens (tertiary/aromatic N) is 1. The van der Waals surface area contributed by atoms with Gasteiger partial charge in [0, 0.05) is 53.8 Å². The van der Waals surface area contributed by atoms with Crippen LogP contribution in [0.3, 0.4) is 0 Å². The summed E-state index contributed by atoms with van der Waals surface area (Å²) < 4.78 is 0. The number of piperidine rings is 1. The maximum Gasteiger partial charge on any atom is 0.321 e. The van der Waals surface area contributed by atoms with Gasteiger partial charge in [-0.1, -0.05) is 36.4 Å². The van der Waals surface area contributed by atoms with Gasteiger partial charge in [-0.2, -0.15) is 0 Å². The first-order valence-corrected chi connectivity index (χ1v) is 11.7. The number of urea groups is 1. The van der Waals surface area contributed by atoms with Gasteiger partial charge in [0.25, 0.3) is 5.91 Å². The third-order valence-corrected chi connectivity index (χ3v) is 7.30. The number of H-pyrrole nitrogens is 1. The van der Waals surface area contributed by atoms with Crippen LogP contribution in [0, 0.1) is 5.92 Å². The molecule has 0 bridgehead atoms. The van der Waals surface area contributed by atoms with Crippen LogP contribution < -0.4 is 10.6 Å². The minimum atomic E-state index is -0.451. The molecule has 2 heterocycles. The number of aromatic amines is 1. The number of carbonyl (C=O) groups excluding carboxylic acids is 2. The Morgan fingerprint density at radius 1 is 1.21 bits per heavy atom. The number of imide groups is 1. The smallest absolute Gasteiger partial charge is 0.321 e. The fourth-order valence-electron chi connectivity index (χ4n) is 5.70. The van der Waals surface area contributed by atoms with Crippen LogP contribution in [0.2, 0.25) is 0 Å². The molecule has 33 heavy (non-hydrogen) atoms. The predicted octanol–water partition coefficient (Wildman–Crippen LogP) is 4.21. The number of carbonyl (C=O) groups is 2. The van der Waals surface area contributed by atoms with E-state index >= 15 is 0 Å². The average Bonchev–Trinajstić information content (AvgIpc) is 3.24. The van der Waals surface area contributed by atoms with Crippen molar-refractivity contribution < 1.29 is 9.59 Å². The molecule has 3 amide bonds. The second kappa shape index (κ2) is 8.87. The van der Waals surface area contributed by atoms with Crippen molar-refractivity contribution in [2.45, 2.75) is 37.8 Å². The number of fused-ring (bicyclic) bond motifs is 2. The molecule has 3 N–H and O–H groups in total. The maximum absolute atomic E-state index is 12.6. The molecule has 1 fully saturated rings. The SMILES string of the molecule is C=CCN1C[C@H](C(C)NC(=O)NC(=O)c2ccccc2)C[C@@H]2c3cccc4[nH]cc(c34)C[C@H]21. The number of hydrogen-bond acceptors (Lipinski definition) is 3. The van der Waals surface area contributed by atoms with Gasteiger partial charge in [-0.3, -0.25) is 15.0 Å². The topological polar surface area (TPSA) is 77.2 Å². The molecule has 0 radical (unpaired) electrons. The van der Waals surface area contributed by atoms with Gasteiger partial charge in [0.1, 0.15) is 0 Å². The van der Waals surface area contributed by atoms with Crippen LogP contribution in [0.15, 0.2) is 67.4 Å². The lowest BCUT2D eigenvalue weighted by Crippen LogP contribution is -2.55. The van der Waals surface area contributed by atoms with E-state index in [1.807, 2.05) is 19.1 Å². The minimum Gasteiger partial charge on any atom is -0.361 e. The third kappa shape index (κ3) is 4.07. The van der Waals surface area contributed by atoms with Crippen LogP contribution in [0.5, 0.6) is 0 Å². The number of rotatable bonds is 5. The molecular formula is C27H30N4O2. The van der Waals surface area contributed by atoms with Crippen LogP contribution >= 0.6 is 0 Å². The highest BCUT2D eigenvalue weighted by molar-refractivity contribution is 6.04. The zero-order valence-corrected chi connectivity index (χ0v) is 18.9. The van der Waals surface area contributed by atoms with Crippen molar-refractivity contribution in [2.24, 2.45) is 5.92 Å². The van der Waals surface area contributed by atoms with Crippen molar-refractivity contribution in [3.8, 4) is 0 Å². The first kappa shape index (κ1) is 21.5. The van der Waals surface area contributed by atoms with Crippen molar-refractivity contribution in [2.75, 3.05) is 13.1 Å². The van der Waals surface area contributed by atoms with E-state index in [2.05, 4.69) is 51.5 Å². The molecule has 0 spiro atoms. The van der Waals surface area contributed by atoms with Crippen LogP contribution in [0.1, 0.15) is 40.7 Å². The standard InChI is InChI=1S/C27H30N4O2/c1-3-12-31-16-20(17(2)29-27(33)30-26(32)18-8-5-4-6-9-18)13-22-21-10-7-11-23-25(21)19(15-28-23)14-24(22)31/h3-11,15,17,20,22,24,28H,1,12-14,16H2,2H3,(H2,29,30,32,33)/t17?,20-,22-,24-/m1/s1. The first-order chi connectivity index (χ1) is 16.0. The average molecular weight is 443 g/mol. The van der Waals surface area contributed by atoms with Crippen molar-refractivity contribution >= 4 is 22.8 Å². The van der Waals surface area contributed by atoms with Crippen LogP contribution in [-0.4, -0.2) is 47.0 Å². The minimum absolute atomic E-state index is 0.0753. The zero-order chi connectivity index (χ0) is 22.9. The Kier molecular flexibility index (Phi) is 5.77. The number of hydrogen-bond donors (Lipinski definition) is 3. The summed E-state index contributed by atoms with van der Waals surface area (Å²) in [6, 6.07) is 15.2. The molecule has 1 aromatic heterocycles. The molecule has 6 nitrogen and oxygen atoms in total. The Labute approximate surface area is 194 Å². The van der Waals surface area contributed by atoms with Crippen molar-refractivity contribution in [1.82, 2.24) is 20.5 Å². The monoisotopic (exact) mass is 442 g/mol. The summed E-state index contributed by atoms with van der Waals surface area (Å²) in [6.45, 7) is 7.72. The molecule has 1 aliphatic carbocycles. The van der Waals surface area contributed by atoms with Crippen LogP contribution in [0.4, 0.5) is 4.79 Å². The second-order valence-corrected chi connectivity index (χ2v) is 9.28. The summed E-state index contributed by atoms with van der Waals surface area (Å²) >= 11 is 0. The molecular weight excluding hydrogens is 412 g/mol. The van der Waals surface area contributed by atoms with Crippen LogP contribution in [-0.2, 0) is 6.42 Å². The Hall–Kier alpha value is -3.38. The molecule has 4 atom stereocenters. The third-order valence-electron chi connectivity index (χ3n) is 7.30. The molecule has 0 saturated carbocycles. The lowest BCUT2D eigenvalue weighted by molar-refractivity contribution is 0.0825. The van der Waals surface area contributed by atoms with Gasteiger partial charge in [0.15, 0.2) is 0 Å². The number of benzene rings is 2. The largest absolute Gasteiger partial charge is 0.361 e. The van der Waals surface area contributed by atoms with Crippen molar-refractivity contribution in [3.05, 3.63) is 84.1 Å². The lowest BCUT2D eigenvalue weighted by Gasteiger charge is -2.48. The predicted molar refractivity (Wildman–Crippen MR) is 130 cm³/mol. The van der Waals surface area contributed by atoms with Gasteiger partial charge in [0.05, 0.1) is 0 Å². The summed E-state index contributed by atoms with van der Waals surface area (Å²) in [7, 11) is 0. The van der Waals surface area contributed by atoms with E-state index in [4.69, 9.17) is 0 Å². The lowest BCUT2D eigenvalue weighted by atomic mass is 9.71. The summed E-state index contributed by atoms with van der Waals surface area (Å²) in [5.41, 5.74) is 4.45. The number of likely N-dealkylation sites (tertiary alicyclic amines) is 1. The molecule has 6 heteroatoms. The van der Waals surface area contributed by atoms with Gasteiger partial charge in [-0.25, -0.2) is 4.79 Å². The number of nitrogens with one attached hydrogen (secondary N) is 3. The molecule has 2 aromatic carbocycles. The summed E-state index contributed by atoms with van der Waals surface area (Å²) in [4.78, 5) is 30.9. The van der Waals surface area contributed by atoms with E-state index in [1.54, 1.807) is 24.3 Å². The molecule has 170 valence electrons. The Morgan fingerprint density at radius 3 is 2.82 bits per heavy atom. The van der Waals surface area contributed by atoms with E-state index in [1.165, 1.54) is 22.0 Å². The quantitative estimate of drug-likeness (QED) is 0.518. The second-order valence-electron chi connectivity index (χ2n) is 9.28. The molecule has 2 aliphatic rings.